The van der Waals surface area contributed by atoms with E-state index in [-0.39, 0.29) is 43.4 Å². The van der Waals surface area contributed by atoms with Crippen LogP contribution in [0.5, 0.6) is 11.5 Å². The van der Waals surface area contributed by atoms with E-state index in [9.17, 15) is 9.59 Å². The van der Waals surface area contributed by atoms with Gasteiger partial charge in [-0.3, -0.25) is 9.59 Å². The number of nitrogens with zero attached hydrogens (tertiary/aromatic N) is 1. The summed E-state index contributed by atoms with van der Waals surface area (Å²) in [7, 11) is 3.19. The van der Waals surface area contributed by atoms with E-state index in [4.69, 9.17) is 15.2 Å². The molecule has 0 atom stereocenters. The lowest BCUT2D eigenvalue weighted by Gasteiger charge is -2.24. The van der Waals surface area contributed by atoms with Crippen LogP contribution in [-0.4, -0.2) is 50.1 Å². The molecule has 0 heterocycles. The lowest BCUT2D eigenvalue weighted by Crippen LogP contribution is -2.42. The number of nitrogens with one attached hydrogen (secondary N) is 1. The van der Waals surface area contributed by atoms with Gasteiger partial charge in [0.05, 0.1) is 27.3 Å². The molecule has 2 amide bonds. The van der Waals surface area contributed by atoms with Crippen LogP contribution in [0.4, 0.5) is 0 Å². The fourth-order valence-electron chi connectivity index (χ4n) is 2.34. The normalized spacial score (nSPS) is 12.8. The number of amides is 2. The van der Waals surface area contributed by atoms with E-state index in [2.05, 4.69) is 5.32 Å². The molecule has 0 bridgehead atoms. The summed E-state index contributed by atoms with van der Waals surface area (Å²) in [5, 5.41) is 2.52. The van der Waals surface area contributed by atoms with Crippen molar-refractivity contribution in [3.63, 3.8) is 0 Å². The highest BCUT2D eigenvalue weighted by Crippen LogP contribution is 2.31. The number of methoxy groups -OCH3 is 2. The third-order valence-corrected chi connectivity index (χ3v) is 3.76. The fraction of sp³-hybridized carbons (Fsp3) is 0.500. The van der Waals surface area contributed by atoms with Crippen LogP contribution >= 0.6 is 12.4 Å². The maximum atomic E-state index is 12.4. The molecule has 134 valence electrons. The second kappa shape index (κ2) is 9.34. The largest absolute Gasteiger partial charge is 0.497 e. The second-order valence-electron chi connectivity index (χ2n) is 5.41. The molecule has 0 radical (unpaired) electrons. The molecule has 2 rings (SSSR count). The predicted molar refractivity (Wildman–Crippen MR) is 92.4 cm³/mol. The lowest BCUT2D eigenvalue weighted by atomic mass is 10.1. The van der Waals surface area contributed by atoms with E-state index in [0.717, 1.165) is 18.4 Å². The first-order valence-corrected chi connectivity index (χ1v) is 7.56. The lowest BCUT2D eigenvalue weighted by molar-refractivity contribution is -0.133. The molecular formula is C16H24ClN3O4. The van der Waals surface area contributed by atoms with E-state index >= 15 is 0 Å². The Labute approximate surface area is 147 Å². The van der Waals surface area contributed by atoms with Crippen molar-refractivity contribution < 1.29 is 19.1 Å². The smallest absolute Gasteiger partial charge is 0.242 e. The Kier molecular flexibility index (Phi) is 7.81. The summed E-state index contributed by atoms with van der Waals surface area (Å²) in [6.45, 7) is 0.252. The highest BCUT2D eigenvalue weighted by Gasteiger charge is 2.33. The summed E-state index contributed by atoms with van der Waals surface area (Å²) < 4.78 is 10.6. The van der Waals surface area contributed by atoms with Gasteiger partial charge in [-0.25, -0.2) is 0 Å². The van der Waals surface area contributed by atoms with E-state index in [0.29, 0.717) is 18.0 Å². The monoisotopic (exact) mass is 357 g/mol. The van der Waals surface area contributed by atoms with Crippen LogP contribution in [0.1, 0.15) is 18.4 Å². The Bertz CT molecular complexity index is 578. The van der Waals surface area contributed by atoms with Gasteiger partial charge in [0.25, 0.3) is 0 Å². The molecule has 0 unspecified atom stereocenters. The van der Waals surface area contributed by atoms with Gasteiger partial charge in [-0.15, -0.1) is 12.4 Å². The van der Waals surface area contributed by atoms with Gasteiger partial charge in [0.1, 0.15) is 11.5 Å². The molecule has 0 spiro atoms. The standard InChI is InChI=1S/C16H23N3O4.ClH/c1-22-13-5-6-14(23-2)11(7-13)10-19(12-3-4-12)16(21)9-18-15(20)8-17;/h5-7,12H,3-4,8-10,17H2,1-2H3,(H,18,20);1H. The Morgan fingerprint density at radius 1 is 1.29 bits per heavy atom. The zero-order valence-corrected chi connectivity index (χ0v) is 14.7. The Morgan fingerprint density at radius 3 is 2.54 bits per heavy atom. The molecule has 1 aromatic carbocycles. The van der Waals surface area contributed by atoms with Gasteiger partial charge in [0.2, 0.25) is 11.8 Å². The number of benzene rings is 1. The van der Waals surface area contributed by atoms with Crippen molar-refractivity contribution in [1.82, 2.24) is 10.2 Å². The maximum absolute atomic E-state index is 12.4. The summed E-state index contributed by atoms with van der Waals surface area (Å²) in [6.07, 6.45) is 1.95. The zero-order valence-electron chi connectivity index (χ0n) is 13.9. The topological polar surface area (TPSA) is 93.9 Å². The SMILES string of the molecule is COc1ccc(OC)c(CN(C(=O)CNC(=O)CN)C2CC2)c1.Cl. The molecular weight excluding hydrogens is 334 g/mol. The summed E-state index contributed by atoms with van der Waals surface area (Å²) in [5.41, 5.74) is 6.10. The molecule has 1 fully saturated rings. The first kappa shape index (κ1) is 20.1. The summed E-state index contributed by atoms with van der Waals surface area (Å²) in [6, 6.07) is 5.71. The van der Waals surface area contributed by atoms with Gasteiger partial charge in [0.15, 0.2) is 0 Å². The molecule has 0 aromatic heterocycles. The highest BCUT2D eigenvalue weighted by molar-refractivity contribution is 5.86. The van der Waals surface area contributed by atoms with E-state index in [1.165, 1.54) is 0 Å². The second-order valence-corrected chi connectivity index (χ2v) is 5.41. The van der Waals surface area contributed by atoms with Gasteiger partial charge < -0.3 is 25.4 Å². The molecule has 7 nitrogen and oxygen atoms in total. The summed E-state index contributed by atoms with van der Waals surface area (Å²) in [5.74, 6) is 0.947. The number of ether oxygens (including phenoxy) is 2. The first-order chi connectivity index (χ1) is 11.1. The molecule has 0 aliphatic heterocycles. The average molecular weight is 358 g/mol. The zero-order chi connectivity index (χ0) is 16.8. The van der Waals surface area contributed by atoms with Gasteiger partial charge >= 0.3 is 0 Å². The minimum atomic E-state index is -0.340. The van der Waals surface area contributed by atoms with Crippen molar-refractivity contribution in [2.75, 3.05) is 27.3 Å². The fourth-order valence-corrected chi connectivity index (χ4v) is 2.34. The van der Waals surface area contributed by atoms with Crippen LogP contribution in [-0.2, 0) is 16.1 Å². The molecule has 1 aliphatic rings. The van der Waals surface area contributed by atoms with Gasteiger partial charge in [0, 0.05) is 18.2 Å². The Balaban J connectivity index is 0.00000288. The van der Waals surface area contributed by atoms with Crippen molar-refractivity contribution in [2.24, 2.45) is 5.73 Å². The highest BCUT2D eigenvalue weighted by atomic mass is 35.5. The number of carbonyl (C=O) groups is 2. The van der Waals surface area contributed by atoms with Crippen LogP contribution in [0.3, 0.4) is 0 Å². The van der Waals surface area contributed by atoms with Crippen LogP contribution < -0.4 is 20.5 Å². The van der Waals surface area contributed by atoms with Gasteiger partial charge in [-0.05, 0) is 31.0 Å². The third-order valence-electron chi connectivity index (χ3n) is 3.76. The van der Waals surface area contributed by atoms with Crippen LogP contribution in [0, 0.1) is 0 Å². The minimum absolute atomic E-state index is 0. The molecule has 1 saturated carbocycles. The number of carbonyl (C=O) groups excluding carboxylic acids is 2. The van der Waals surface area contributed by atoms with Gasteiger partial charge in [-0.1, -0.05) is 0 Å². The van der Waals surface area contributed by atoms with Gasteiger partial charge in [-0.2, -0.15) is 0 Å². The first-order valence-electron chi connectivity index (χ1n) is 7.56. The summed E-state index contributed by atoms with van der Waals surface area (Å²) >= 11 is 0. The van der Waals surface area contributed by atoms with Crippen LogP contribution in [0.2, 0.25) is 0 Å². The van der Waals surface area contributed by atoms with Crippen molar-refractivity contribution in [3.8, 4) is 11.5 Å². The number of rotatable bonds is 8. The Hall–Kier alpha value is -1.99. The number of hydrogen-bond acceptors (Lipinski definition) is 5. The van der Waals surface area contributed by atoms with E-state index in [1.807, 2.05) is 18.2 Å². The molecule has 1 aliphatic carbocycles. The summed E-state index contributed by atoms with van der Waals surface area (Å²) in [4.78, 5) is 25.4. The maximum Gasteiger partial charge on any atom is 0.242 e. The molecule has 24 heavy (non-hydrogen) atoms. The number of halogens is 1. The van der Waals surface area contributed by atoms with Crippen molar-refractivity contribution in [1.29, 1.82) is 0 Å². The third kappa shape index (κ3) is 5.28. The molecule has 8 heteroatoms. The predicted octanol–water partition coefficient (Wildman–Crippen LogP) is 0.692. The molecule has 0 saturated heterocycles. The average Bonchev–Trinajstić information content (AvgIpc) is 3.41. The Morgan fingerprint density at radius 2 is 2.00 bits per heavy atom. The number of hydrogen-bond donors (Lipinski definition) is 2. The van der Waals surface area contributed by atoms with E-state index < -0.39 is 0 Å². The minimum Gasteiger partial charge on any atom is -0.497 e. The van der Waals surface area contributed by atoms with Crippen molar-refractivity contribution >= 4 is 24.2 Å². The molecule has 1 aromatic rings. The quantitative estimate of drug-likeness (QED) is 0.714. The molecule has 3 N–H and O–H groups in total. The van der Waals surface area contributed by atoms with Crippen molar-refractivity contribution in [3.05, 3.63) is 23.8 Å². The van der Waals surface area contributed by atoms with Crippen LogP contribution in [0.15, 0.2) is 18.2 Å². The van der Waals surface area contributed by atoms with Crippen LogP contribution in [0.25, 0.3) is 0 Å². The van der Waals surface area contributed by atoms with E-state index in [1.54, 1.807) is 19.1 Å². The van der Waals surface area contributed by atoms with Crippen molar-refractivity contribution in [2.45, 2.75) is 25.4 Å². The number of nitrogens with two attached hydrogens (primary N) is 1.